The van der Waals surface area contributed by atoms with Crippen molar-refractivity contribution in [2.75, 3.05) is 6.54 Å². The average molecular weight is 270 g/mol. The molecule has 0 unspecified atom stereocenters. The Labute approximate surface area is 117 Å². The molecule has 1 aromatic carbocycles. The molecule has 0 amide bonds. The molecular weight excluding hydrogens is 252 g/mol. The number of benzene rings is 1. The fourth-order valence-electron chi connectivity index (χ4n) is 2.35. The molecule has 0 aliphatic heterocycles. The standard InChI is InChI=1S/C16H18N2S/c1-12-7-9-19-16(12)11-17-8-6-13-10-18-15-5-3-2-4-14(13)15/h2-5,7,9-10,17-18H,6,8,11H2,1H3. The molecule has 19 heavy (non-hydrogen) atoms. The minimum atomic E-state index is 0.978. The largest absolute Gasteiger partial charge is 0.361 e. The SMILES string of the molecule is Cc1ccsc1CNCCc1c[nH]c2ccccc12. The van der Waals surface area contributed by atoms with Crippen LogP contribution >= 0.6 is 11.3 Å². The zero-order valence-electron chi connectivity index (χ0n) is 11.1. The Morgan fingerprint density at radius 2 is 2.11 bits per heavy atom. The molecule has 0 spiro atoms. The Morgan fingerprint density at radius 1 is 1.21 bits per heavy atom. The number of aromatic nitrogens is 1. The van der Waals surface area contributed by atoms with Crippen LogP contribution in [-0.2, 0) is 13.0 Å². The molecule has 3 rings (SSSR count). The van der Waals surface area contributed by atoms with E-state index in [1.165, 1.54) is 26.9 Å². The van der Waals surface area contributed by atoms with Crippen LogP contribution < -0.4 is 5.32 Å². The van der Waals surface area contributed by atoms with Crippen molar-refractivity contribution in [1.29, 1.82) is 0 Å². The summed E-state index contributed by atoms with van der Waals surface area (Å²) < 4.78 is 0. The minimum Gasteiger partial charge on any atom is -0.361 e. The lowest BCUT2D eigenvalue weighted by atomic mass is 10.1. The summed E-state index contributed by atoms with van der Waals surface area (Å²) in [4.78, 5) is 4.77. The first-order chi connectivity index (χ1) is 9.34. The van der Waals surface area contributed by atoms with Crippen molar-refractivity contribution in [1.82, 2.24) is 10.3 Å². The first kappa shape index (κ1) is 12.5. The Morgan fingerprint density at radius 3 is 2.95 bits per heavy atom. The first-order valence-corrected chi connectivity index (χ1v) is 7.51. The number of aryl methyl sites for hydroxylation is 1. The molecule has 2 heterocycles. The molecule has 3 aromatic rings. The zero-order valence-corrected chi connectivity index (χ0v) is 11.9. The summed E-state index contributed by atoms with van der Waals surface area (Å²) in [6.07, 6.45) is 3.19. The second kappa shape index (κ2) is 5.59. The van der Waals surface area contributed by atoms with Gasteiger partial charge in [-0.1, -0.05) is 18.2 Å². The number of H-pyrrole nitrogens is 1. The fourth-order valence-corrected chi connectivity index (χ4v) is 3.22. The molecule has 0 saturated heterocycles. The van der Waals surface area contributed by atoms with E-state index < -0.39 is 0 Å². The van der Waals surface area contributed by atoms with E-state index in [1.54, 1.807) is 0 Å². The van der Waals surface area contributed by atoms with Crippen molar-refractivity contribution in [3.05, 3.63) is 57.9 Å². The highest BCUT2D eigenvalue weighted by Crippen LogP contribution is 2.18. The Balaban J connectivity index is 1.57. The number of nitrogens with one attached hydrogen (secondary N) is 2. The van der Waals surface area contributed by atoms with Gasteiger partial charge in [0.2, 0.25) is 0 Å². The van der Waals surface area contributed by atoms with Crippen molar-refractivity contribution in [3.8, 4) is 0 Å². The van der Waals surface area contributed by atoms with Crippen LogP contribution in [0.15, 0.2) is 41.9 Å². The highest BCUT2D eigenvalue weighted by molar-refractivity contribution is 7.10. The Bertz CT molecular complexity index is 666. The zero-order chi connectivity index (χ0) is 13.1. The lowest BCUT2D eigenvalue weighted by molar-refractivity contribution is 0.693. The lowest BCUT2D eigenvalue weighted by Gasteiger charge is -2.03. The van der Waals surface area contributed by atoms with E-state index in [-0.39, 0.29) is 0 Å². The van der Waals surface area contributed by atoms with Gasteiger partial charge in [-0.05, 0) is 48.5 Å². The Kier molecular flexibility index (Phi) is 3.67. The summed E-state index contributed by atoms with van der Waals surface area (Å²) in [5, 5.41) is 7.03. The van der Waals surface area contributed by atoms with E-state index in [0.717, 1.165) is 19.5 Å². The summed E-state index contributed by atoms with van der Waals surface area (Å²) in [6, 6.07) is 10.7. The van der Waals surface area contributed by atoms with Crippen molar-refractivity contribution < 1.29 is 0 Å². The van der Waals surface area contributed by atoms with Gasteiger partial charge in [-0.3, -0.25) is 0 Å². The van der Waals surface area contributed by atoms with Gasteiger partial charge in [-0.2, -0.15) is 0 Å². The van der Waals surface area contributed by atoms with Crippen molar-refractivity contribution in [2.24, 2.45) is 0 Å². The number of fused-ring (bicyclic) bond motifs is 1. The quantitative estimate of drug-likeness (QED) is 0.677. The van der Waals surface area contributed by atoms with E-state index in [2.05, 4.69) is 59.1 Å². The maximum absolute atomic E-state index is 3.53. The summed E-state index contributed by atoms with van der Waals surface area (Å²) in [7, 11) is 0. The van der Waals surface area contributed by atoms with Gasteiger partial charge in [0.25, 0.3) is 0 Å². The number of para-hydroxylation sites is 1. The average Bonchev–Trinajstić information content (AvgIpc) is 3.02. The maximum atomic E-state index is 3.53. The van der Waals surface area contributed by atoms with Gasteiger partial charge in [-0.15, -0.1) is 11.3 Å². The number of hydrogen-bond acceptors (Lipinski definition) is 2. The highest BCUT2D eigenvalue weighted by atomic mass is 32.1. The molecule has 98 valence electrons. The summed E-state index contributed by atoms with van der Waals surface area (Å²) >= 11 is 1.83. The smallest absolute Gasteiger partial charge is 0.0456 e. The van der Waals surface area contributed by atoms with Gasteiger partial charge >= 0.3 is 0 Å². The second-order valence-electron chi connectivity index (χ2n) is 4.81. The van der Waals surface area contributed by atoms with E-state index in [1.807, 2.05) is 11.3 Å². The number of hydrogen-bond donors (Lipinski definition) is 2. The monoisotopic (exact) mass is 270 g/mol. The maximum Gasteiger partial charge on any atom is 0.0456 e. The molecular formula is C16H18N2S. The summed E-state index contributed by atoms with van der Waals surface area (Å²) in [5.41, 5.74) is 4.02. The molecule has 3 heteroatoms. The van der Waals surface area contributed by atoms with Crippen molar-refractivity contribution in [3.63, 3.8) is 0 Å². The highest BCUT2D eigenvalue weighted by Gasteiger charge is 2.03. The minimum absolute atomic E-state index is 0.978. The van der Waals surface area contributed by atoms with E-state index in [0.29, 0.717) is 0 Å². The van der Waals surface area contributed by atoms with E-state index in [9.17, 15) is 0 Å². The van der Waals surface area contributed by atoms with Crippen molar-refractivity contribution in [2.45, 2.75) is 19.9 Å². The second-order valence-corrected chi connectivity index (χ2v) is 5.81. The lowest BCUT2D eigenvalue weighted by Crippen LogP contribution is -2.16. The van der Waals surface area contributed by atoms with Crippen LogP contribution in [0.1, 0.15) is 16.0 Å². The van der Waals surface area contributed by atoms with Crippen LogP contribution in [0.5, 0.6) is 0 Å². The number of thiophene rings is 1. The number of rotatable bonds is 5. The molecule has 0 fully saturated rings. The van der Waals surface area contributed by atoms with Gasteiger partial charge < -0.3 is 10.3 Å². The molecule has 0 aliphatic carbocycles. The van der Waals surface area contributed by atoms with Crippen LogP contribution in [-0.4, -0.2) is 11.5 Å². The van der Waals surface area contributed by atoms with Gasteiger partial charge in [0.05, 0.1) is 0 Å². The van der Waals surface area contributed by atoms with Crippen LogP contribution in [0.25, 0.3) is 10.9 Å². The van der Waals surface area contributed by atoms with Gasteiger partial charge in [-0.25, -0.2) is 0 Å². The normalized spacial score (nSPS) is 11.2. The summed E-state index contributed by atoms with van der Waals surface area (Å²) in [5.74, 6) is 0. The third-order valence-corrected chi connectivity index (χ3v) is 4.52. The first-order valence-electron chi connectivity index (χ1n) is 6.63. The molecule has 0 saturated carbocycles. The molecule has 0 radical (unpaired) electrons. The van der Waals surface area contributed by atoms with E-state index in [4.69, 9.17) is 0 Å². The van der Waals surface area contributed by atoms with Crippen LogP contribution in [0, 0.1) is 6.92 Å². The van der Waals surface area contributed by atoms with Gasteiger partial charge in [0.15, 0.2) is 0 Å². The van der Waals surface area contributed by atoms with Crippen LogP contribution in [0.3, 0.4) is 0 Å². The third-order valence-electron chi connectivity index (χ3n) is 3.50. The fraction of sp³-hybridized carbons (Fsp3) is 0.250. The summed E-state index contributed by atoms with van der Waals surface area (Å²) in [6.45, 7) is 4.16. The molecule has 2 nitrogen and oxygen atoms in total. The van der Waals surface area contributed by atoms with Crippen molar-refractivity contribution >= 4 is 22.2 Å². The molecule has 2 aromatic heterocycles. The Hall–Kier alpha value is -1.58. The topological polar surface area (TPSA) is 27.8 Å². The van der Waals surface area contributed by atoms with E-state index >= 15 is 0 Å². The molecule has 0 aliphatic rings. The van der Waals surface area contributed by atoms with Crippen LogP contribution in [0.4, 0.5) is 0 Å². The van der Waals surface area contributed by atoms with Crippen LogP contribution in [0.2, 0.25) is 0 Å². The van der Waals surface area contributed by atoms with Gasteiger partial charge in [0.1, 0.15) is 0 Å². The molecule has 2 N–H and O–H groups in total. The molecule has 0 bridgehead atoms. The predicted molar refractivity (Wildman–Crippen MR) is 82.8 cm³/mol. The number of aromatic amines is 1. The third kappa shape index (κ3) is 2.72. The van der Waals surface area contributed by atoms with Gasteiger partial charge in [0, 0.05) is 28.5 Å². The molecule has 0 atom stereocenters. The predicted octanol–water partition coefficient (Wildman–Crippen LogP) is 3.87.